The van der Waals surface area contributed by atoms with Crippen LogP contribution in [0.25, 0.3) is 11.4 Å². The molecule has 0 aliphatic carbocycles. The average molecular weight is 359 g/mol. The number of aromatic nitrogens is 6. The molecule has 0 unspecified atom stereocenters. The highest BCUT2D eigenvalue weighted by Gasteiger charge is 2.08. The zero-order chi connectivity index (χ0) is 18.5. The second kappa shape index (κ2) is 7.61. The molecule has 4 aromatic rings. The summed E-state index contributed by atoms with van der Waals surface area (Å²) in [5, 5.41) is 18.3. The lowest BCUT2D eigenvalue weighted by Gasteiger charge is -2.06. The number of hydrogen-bond donors (Lipinski definition) is 1. The lowest BCUT2D eigenvalue weighted by Crippen LogP contribution is -2.25. The second-order valence-electron chi connectivity index (χ2n) is 5.94. The molecule has 0 bridgehead atoms. The SMILES string of the molecule is O=C(NCCc1cnn(-c2ccccc2)c1)c1cccc(-n2cnnn2)c1. The molecule has 0 spiro atoms. The van der Waals surface area contributed by atoms with Crippen molar-refractivity contribution in [2.75, 3.05) is 6.54 Å². The molecule has 0 fully saturated rings. The van der Waals surface area contributed by atoms with Gasteiger partial charge in [-0.05, 0) is 52.7 Å². The van der Waals surface area contributed by atoms with Crippen LogP contribution >= 0.6 is 0 Å². The highest BCUT2D eigenvalue weighted by Crippen LogP contribution is 2.10. The van der Waals surface area contributed by atoms with Gasteiger partial charge in [-0.2, -0.15) is 5.10 Å². The lowest BCUT2D eigenvalue weighted by molar-refractivity contribution is 0.0954. The van der Waals surface area contributed by atoms with Gasteiger partial charge in [-0.3, -0.25) is 4.79 Å². The number of para-hydroxylation sites is 1. The Bertz CT molecular complexity index is 1030. The van der Waals surface area contributed by atoms with E-state index in [0.717, 1.165) is 16.9 Å². The zero-order valence-corrected chi connectivity index (χ0v) is 14.4. The number of carbonyl (C=O) groups excluding carboxylic acids is 1. The number of hydrogen-bond acceptors (Lipinski definition) is 5. The third kappa shape index (κ3) is 3.90. The van der Waals surface area contributed by atoms with Crippen molar-refractivity contribution in [3.63, 3.8) is 0 Å². The Morgan fingerprint density at radius 2 is 1.85 bits per heavy atom. The molecule has 0 saturated carbocycles. The molecule has 0 atom stereocenters. The van der Waals surface area contributed by atoms with Gasteiger partial charge in [0.2, 0.25) is 0 Å². The normalized spacial score (nSPS) is 10.7. The molecular weight excluding hydrogens is 342 g/mol. The largest absolute Gasteiger partial charge is 0.352 e. The van der Waals surface area contributed by atoms with Crippen LogP contribution in [-0.4, -0.2) is 42.4 Å². The Morgan fingerprint density at radius 3 is 2.67 bits per heavy atom. The van der Waals surface area contributed by atoms with Crippen molar-refractivity contribution < 1.29 is 4.79 Å². The fourth-order valence-electron chi connectivity index (χ4n) is 2.70. The Morgan fingerprint density at radius 1 is 1.00 bits per heavy atom. The first-order chi connectivity index (χ1) is 13.3. The minimum absolute atomic E-state index is 0.139. The van der Waals surface area contributed by atoms with E-state index in [1.807, 2.05) is 53.5 Å². The predicted molar refractivity (Wildman–Crippen MR) is 98.8 cm³/mol. The van der Waals surface area contributed by atoms with Crippen LogP contribution in [0.15, 0.2) is 73.3 Å². The van der Waals surface area contributed by atoms with Crippen LogP contribution in [0.2, 0.25) is 0 Å². The van der Waals surface area contributed by atoms with Gasteiger partial charge < -0.3 is 5.32 Å². The van der Waals surface area contributed by atoms with Gasteiger partial charge in [-0.1, -0.05) is 24.3 Å². The summed E-state index contributed by atoms with van der Waals surface area (Å²) in [4.78, 5) is 12.4. The summed E-state index contributed by atoms with van der Waals surface area (Å²) in [6.07, 6.45) is 5.98. The summed E-state index contributed by atoms with van der Waals surface area (Å²) in [5.41, 5.74) is 3.36. The molecule has 0 radical (unpaired) electrons. The maximum Gasteiger partial charge on any atom is 0.251 e. The third-order valence-corrected chi connectivity index (χ3v) is 4.08. The molecule has 27 heavy (non-hydrogen) atoms. The van der Waals surface area contributed by atoms with Gasteiger partial charge in [-0.25, -0.2) is 9.36 Å². The van der Waals surface area contributed by atoms with Gasteiger partial charge in [0.1, 0.15) is 6.33 Å². The van der Waals surface area contributed by atoms with Crippen molar-refractivity contribution in [3.05, 3.63) is 84.4 Å². The van der Waals surface area contributed by atoms with Crippen molar-refractivity contribution in [3.8, 4) is 11.4 Å². The summed E-state index contributed by atoms with van der Waals surface area (Å²) in [7, 11) is 0. The van der Waals surface area contributed by atoms with Crippen LogP contribution < -0.4 is 5.32 Å². The first-order valence-corrected chi connectivity index (χ1v) is 8.50. The first-order valence-electron chi connectivity index (χ1n) is 8.50. The molecule has 1 N–H and O–H groups in total. The van der Waals surface area contributed by atoms with E-state index in [1.165, 1.54) is 11.0 Å². The standard InChI is InChI=1S/C19H17N7O/c27-19(16-5-4-8-18(11-16)26-14-21-23-24-26)20-10-9-15-12-22-25(13-15)17-6-2-1-3-7-17/h1-8,11-14H,9-10H2,(H,20,27). The first kappa shape index (κ1) is 16.6. The highest BCUT2D eigenvalue weighted by atomic mass is 16.1. The van der Waals surface area contributed by atoms with Gasteiger partial charge in [-0.15, -0.1) is 5.10 Å². The molecule has 4 rings (SSSR count). The van der Waals surface area contributed by atoms with E-state index in [-0.39, 0.29) is 5.91 Å². The van der Waals surface area contributed by atoms with E-state index in [0.29, 0.717) is 18.5 Å². The number of nitrogens with one attached hydrogen (secondary N) is 1. The summed E-state index contributed by atoms with van der Waals surface area (Å²) >= 11 is 0. The van der Waals surface area contributed by atoms with E-state index < -0.39 is 0 Å². The minimum Gasteiger partial charge on any atom is -0.352 e. The number of amides is 1. The molecule has 1 amide bonds. The topological polar surface area (TPSA) is 90.5 Å². The maximum atomic E-state index is 12.4. The molecule has 134 valence electrons. The number of tetrazole rings is 1. The number of carbonyl (C=O) groups is 1. The van der Waals surface area contributed by atoms with Gasteiger partial charge in [0.15, 0.2) is 0 Å². The molecule has 2 heterocycles. The molecule has 8 heteroatoms. The predicted octanol–water partition coefficient (Wildman–Crippen LogP) is 1.82. The second-order valence-corrected chi connectivity index (χ2v) is 5.94. The Kier molecular flexibility index (Phi) is 4.69. The fourth-order valence-corrected chi connectivity index (χ4v) is 2.70. The highest BCUT2D eigenvalue weighted by molar-refractivity contribution is 5.94. The zero-order valence-electron chi connectivity index (χ0n) is 14.4. The smallest absolute Gasteiger partial charge is 0.251 e. The maximum absolute atomic E-state index is 12.4. The monoisotopic (exact) mass is 359 g/mol. The van der Waals surface area contributed by atoms with Crippen LogP contribution in [0, 0.1) is 0 Å². The fraction of sp³-hybridized carbons (Fsp3) is 0.105. The Hall–Kier alpha value is -3.81. The minimum atomic E-state index is -0.139. The van der Waals surface area contributed by atoms with Crippen molar-refractivity contribution in [1.29, 1.82) is 0 Å². The molecule has 0 aliphatic rings. The van der Waals surface area contributed by atoms with E-state index in [1.54, 1.807) is 18.2 Å². The van der Waals surface area contributed by atoms with Crippen molar-refractivity contribution in [2.24, 2.45) is 0 Å². The molecule has 0 saturated heterocycles. The molecular formula is C19H17N7O. The summed E-state index contributed by atoms with van der Waals surface area (Å²) in [6, 6.07) is 17.1. The Labute approximate surface area is 155 Å². The van der Waals surface area contributed by atoms with Crippen molar-refractivity contribution in [2.45, 2.75) is 6.42 Å². The molecule has 2 aromatic heterocycles. The summed E-state index contributed by atoms with van der Waals surface area (Å²) in [6.45, 7) is 0.522. The van der Waals surface area contributed by atoms with Crippen LogP contribution in [0.5, 0.6) is 0 Å². The van der Waals surface area contributed by atoms with E-state index in [2.05, 4.69) is 25.9 Å². The third-order valence-electron chi connectivity index (χ3n) is 4.08. The van der Waals surface area contributed by atoms with Crippen LogP contribution in [0.1, 0.15) is 15.9 Å². The molecule has 2 aromatic carbocycles. The quantitative estimate of drug-likeness (QED) is 0.567. The Balaban J connectivity index is 1.35. The van der Waals surface area contributed by atoms with Crippen molar-refractivity contribution >= 4 is 5.91 Å². The lowest BCUT2D eigenvalue weighted by atomic mass is 10.2. The van der Waals surface area contributed by atoms with E-state index in [4.69, 9.17) is 0 Å². The van der Waals surface area contributed by atoms with Gasteiger partial charge in [0.05, 0.1) is 17.6 Å². The van der Waals surface area contributed by atoms with Gasteiger partial charge in [0, 0.05) is 18.3 Å². The summed E-state index contributed by atoms with van der Waals surface area (Å²) < 4.78 is 3.33. The van der Waals surface area contributed by atoms with Gasteiger partial charge in [0.25, 0.3) is 5.91 Å². The van der Waals surface area contributed by atoms with Crippen LogP contribution in [0.4, 0.5) is 0 Å². The van der Waals surface area contributed by atoms with Crippen molar-refractivity contribution in [1.82, 2.24) is 35.3 Å². The van der Waals surface area contributed by atoms with E-state index >= 15 is 0 Å². The number of nitrogens with zero attached hydrogens (tertiary/aromatic N) is 6. The molecule has 0 aliphatic heterocycles. The average Bonchev–Trinajstić information content (AvgIpc) is 3.41. The number of rotatable bonds is 6. The van der Waals surface area contributed by atoms with Crippen LogP contribution in [0.3, 0.4) is 0 Å². The molecule has 8 nitrogen and oxygen atoms in total. The summed E-state index contributed by atoms with van der Waals surface area (Å²) in [5.74, 6) is -0.139. The van der Waals surface area contributed by atoms with E-state index in [9.17, 15) is 4.79 Å². The van der Waals surface area contributed by atoms with Crippen LogP contribution in [-0.2, 0) is 6.42 Å². The van der Waals surface area contributed by atoms with Gasteiger partial charge >= 0.3 is 0 Å². The number of benzene rings is 2.